The number of carbonyl (C=O) groups is 1. The molecule has 0 aliphatic carbocycles. The topological polar surface area (TPSA) is 41.1 Å². The molecule has 2 aromatic rings. The molecule has 1 amide bonds. The summed E-state index contributed by atoms with van der Waals surface area (Å²) in [7, 11) is 0. The van der Waals surface area contributed by atoms with E-state index in [0.717, 1.165) is 16.1 Å². The number of hydrogen-bond donors (Lipinski definition) is 2. The Morgan fingerprint density at radius 3 is 2.68 bits per heavy atom. The Hall–Kier alpha value is -1.85. The van der Waals surface area contributed by atoms with E-state index in [2.05, 4.69) is 42.7 Å². The summed E-state index contributed by atoms with van der Waals surface area (Å²) < 4.78 is 0. The highest BCUT2D eigenvalue weighted by atomic mass is 32.2. The first-order chi connectivity index (χ1) is 12.0. The Balaban J connectivity index is 1.86. The average molecular weight is 371 g/mol. The van der Waals surface area contributed by atoms with Crippen LogP contribution in [0.5, 0.6) is 0 Å². The second kappa shape index (κ2) is 7.58. The molecule has 2 aromatic carbocycles. The smallest absolute Gasteiger partial charge is 0.235 e. The van der Waals surface area contributed by atoms with Gasteiger partial charge in [-0.1, -0.05) is 42.5 Å². The number of rotatable bonds is 4. The lowest BCUT2D eigenvalue weighted by Crippen LogP contribution is -2.31. The summed E-state index contributed by atoms with van der Waals surface area (Å²) >= 11 is 7.07. The lowest BCUT2D eigenvalue weighted by molar-refractivity contribution is -0.118. The van der Waals surface area contributed by atoms with Crippen molar-refractivity contribution in [3.63, 3.8) is 0 Å². The van der Waals surface area contributed by atoms with Crippen molar-refractivity contribution in [2.75, 3.05) is 18.1 Å². The molecule has 1 heterocycles. The average Bonchev–Trinajstić information content (AvgIpc) is 2.99. The van der Waals surface area contributed by atoms with Crippen molar-refractivity contribution >= 4 is 40.6 Å². The van der Waals surface area contributed by atoms with Gasteiger partial charge >= 0.3 is 0 Å². The molecule has 2 atom stereocenters. The Morgan fingerprint density at radius 2 is 1.96 bits per heavy atom. The number of amides is 1. The van der Waals surface area contributed by atoms with E-state index < -0.39 is 0 Å². The summed E-state index contributed by atoms with van der Waals surface area (Å²) in [5.74, 6) is -0.319. The number of para-hydroxylation sites is 1. The maximum Gasteiger partial charge on any atom is 0.235 e. The van der Waals surface area contributed by atoms with Crippen LogP contribution in [0.3, 0.4) is 0 Å². The molecular formula is C20H22N2OS2. The fourth-order valence-corrected chi connectivity index (χ4v) is 4.10. The molecule has 0 bridgehead atoms. The molecule has 0 saturated carbocycles. The summed E-state index contributed by atoms with van der Waals surface area (Å²) in [5, 5.41) is 6.29. The highest BCUT2D eigenvalue weighted by Gasteiger charge is 2.38. The Morgan fingerprint density at radius 1 is 1.20 bits per heavy atom. The second-order valence-corrected chi connectivity index (χ2v) is 7.65. The molecule has 0 unspecified atom stereocenters. The van der Waals surface area contributed by atoms with Gasteiger partial charge in [-0.05, 0) is 48.9 Å². The van der Waals surface area contributed by atoms with Crippen LogP contribution in [0.1, 0.15) is 22.6 Å². The van der Waals surface area contributed by atoms with Crippen LogP contribution < -0.4 is 10.6 Å². The van der Waals surface area contributed by atoms with Crippen LogP contribution in [0.2, 0.25) is 0 Å². The molecule has 3 nitrogen and oxygen atoms in total. The SMILES string of the molecule is CSc1ccccc1NC(=O)[C@H]1C(=S)NC[C@@H]1c1ccc(C)c(C)c1. The van der Waals surface area contributed by atoms with Gasteiger partial charge in [0, 0.05) is 17.4 Å². The first-order valence-electron chi connectivity index (χ1n) is 8.30. The van der Waals surface area contributed by atoms with Crippen molar-refractivity contribution in [1.82, 2.24) is 5.32 Å². The number of thiocarbonyl (C=S) groups is 1. The van der Waals surface area contributed by atoms with Gasteiger partial charge in [0.25, 0.3) is 0 Å². The molecule has 3 rings (SSSR count). The summed E-state index contributed by atoms with van der Waals surface area (Å²) in [4.78, 5) is 14.7. The minimum absolute atomic E-state index is 0.0419. The van der Waals surface area contributed by atoms with Crippen molar-refractivity contribution in [3.8, 4) is 0 Å². The van der Waals surface area contributed by atoms with Gasteiger partial charge in [0.2, 0.25) is 5.91 Å². The Kier molecular flexibility index (Phi) is 5.45. The zero-order chi connectivity index (χ0) is 18.0. The molecule has 2 N–H and O–H groups in total. The summed E-state index contributed by atoms with van der Waals surface area (Å²) in [6.45, 7) is 4.90. The summed E-state index contributed by atoms with van der Waals surface area (Å²) in [5.41, 5.74) is 4.50. The van der Waals surface area contributed by atoms with Gasteiger partial charge in [-0.3, -0.25) is 4.79 Å². The molecule has 0 radical (unpaired) electrons. The van der Waals surface area contributed by atoms with Crippen molar-refractivity contribution < 1.29 is 4.79 Å². The van der Waals surface area contributed by atoms with Crippen LogP contribution in [0.4, 0.5) is 5.69 Å². The normalized spacial score (nSPS) is 19.6. The number of benzene rings is 2. The van der Waals surface area contributed by atoms with Crippen LogP contribution in [-0.4, -0.2) is 23.7 Å². The van der Waals surface area contributed by atoms with E-state index in [4.69, 9.17) is 12.2 Å². The third kappa shape index (κ3) is 3.72. The van der Waals surface area contributed by atoms with Crippen LogP contribution >= 0.6 is 24.0 Å². The minimum Gasteiger partial charge on any atom is -0.378 e. The zero-order valence-electron chi connectivity index (χ0n) is 14.6. The highest BCUT2D eigenvalue weighted by Crippen LogP contribution is 2.33. The van der Waals surface area contributed by atoms with Gasteiger partial charge in [0.1, 0.15) is 0 Å². The molecule has 0 aromatic heterocycles. The van der Waals surface area contributed by atoms with E-state index >= 15 is 0 Å². The molecule has 0 spiro atoms. The number of nitrogens with one attached hydrogen (secondary N) is 2. The standard InChI is InChI=1S/C20H22N2OS2/c1-12-8-9-14(10-13(12)2)15-11-21-20(24)18(15)19(23)22-16-6-4-5-7-17(16)25-3/h4-10,15,18H,11H2,1-3H3,(H,21,24)(H,22,23)/t15-,18+/m1/s1. The monoisotopic (exact) mass is 370 g/mol. The maximum atomic E-state index is 13.0. The van der Waals surface area contributed by atoms with Crippen LogP contribution in [0, 0.1) is 19.8 Å². The molecule has 1 fully saturated rings. The Labute approximate surface area is 158 Å². The first kappa shape index (κ1) is 18.0. The van der Waals surface area contributed by atoms with Crippen LogP contribution in [-0.2, 0) is 4.79 Å². The van der Waals surface area contributed by atoms with Gasteiger partial charge in [-0.15, -0.1) is 11.8 Å². The van der Waals surface area contributed by atoms with E-state index in [0.29, 0.717) is 11.5 Å². The van der Waals surface area contributed by atoms with Crippen molar-refractivity contribution in [1.29, 1.82) is 0 Å². The van der Waals surface area contributed by atoms with Gasteiger partial charge in [-0.25, -0.2) is 0 Å². The van der Waals surface area contributed by atoms with E-state index in [-0.39, 0.29) is 17.7 Å². The number of anilines is 1. The van der Waals surface area contributed by atoms with Crippen LogP contribution in [0.25, 0.3) is 0 Å². The maximum absolute atomic E-state index is 13.0. The van der Waals surface area contributed by atoms with Gasteiger partial charge in [0.05, 0.1) is 16.6 Å². The fraction of sp³-hybridized carbons (Fsp3) is 0.300. The molecule has 1 aliphatic rings. The van der Waals surface area contributed by atoms with E-state index in [1.54, 1.807) is 11.8 Å². The summed E-state index contributed by atoms with van der Waals surface area (Å²) in [6, 6.07) is 14.2. The molecule has 5 heteroatoms. The number of aryl methyl sites for hydroxylation is 2. The predicted octanol–water partition coefficient (Wildman–Crippen LogP) is 4.29. The van der Waals surface area contributed by atoms with Crippen LogP contribution in [0.15, 0.2) is 47.4 Å². The van der Waals surface area contributed by atoms with Crippen molar-refractivity contribution in [2.45, 2.75) is 24.7 Å². The summed E-state index contributed by atoms with van der Waals surface area (Å²) in [6.07, 6.45) is 2.00. The number of carbonyl (C=O) groups excluding carboxylic acids is 1. The van der Waals surface area contributed by atoms with Crippen molar-refractivity contribution in [3.05, 3.63) is 59.2 Å². The lowest BCUT2D eigenvalue weighted by atomic mass is 9.86. The minimum atomic E-state index is -0.341. The number of thioether (sulfide) groups is 1. The van der Waals surface area contributed by atoms with E-state index in [1.807, 2.05) is 30.5 Å². The molecule has 1 aliphatic heterocycles. The van der Waals surface area contributed by atoms with E-state index in [1.165, 1.54) is 11.1 Å². The number of hydrogen-bond acceptors (Lipinski definition) is 3. The Bertz CT molecular complexity index is 819. The van der Waals surface area contributed by atoms with Crippen molar-refractivity contribution in [2.24, 2.45) is 5.92 Å². The second-order valence-electron chi connectivity index (χ2n) is 6.36. The van der Waals surface area contributed by atoms with Gasteiger partial charge in [-0.2, -0.15) is 0 Å². The quantitative estimate of drug-likeness (QED) is 0.622. The highest BCUT2D eigenvalue weighted by molar-refractivity contribution is 7.98. The van der Waals surface area contributed by atoms with E-state index in [9.17, 15) is 4.79 Å². The largest absolute Gasteiger partial charge is 0.378 e. The fourth-order valence-electron chi connectivity index (χ4n) is 3.19. The predicted molar refractivity (Wildman–Crippen MR) is 110 cm³/mol. The third-order valence-electron chi connectivity index (χ3n) is 4.79. The molecule has 1 saturated heterocycles. The van der Waals surface area contributed by atoms with Gasteiger partial charge in [0.15, 0.2) is 0 Å². The lowest BCUT2D eigenvalue weighted by Gasteiger charge is -2.20. The molecular weight excluding hydrogens is 348 g/mol. The molecule has 25 heavy (non-hydrogen) atoms. The van der Waals surface area contributed by atoms with Gasteiger partial charge < -0.3 is 10.6 Å². The zero-order valence-corrected chi connectivity index (χ0v) is 16.3. The molecule has 130 valence electrons. The third-order valence-corrected chi connectivity index (χ3v) is 5.98. The first-order valence-corrected chi connectivity index (χ1v) is 9.93.